The Hall–Kier alpha value is -3.68. The standard InChI is InChI=1S/C32H45N3O5/c1-3-5-6-7-8-9-10-11-12-13-14-15-30(36)33-25-31(37)35-34-24-26-16-20-29(21-17-26)40-32(38)27-18-22-28(23-19-27)39-4-2/h16-24H,3-15,25H2,1-2H3,(H,33,36)(H,35,37). The highest BCUT2D eigenvalue weighted by atomic mass is 16.5. The molecule has 0 heterocycles. The number of ether oxygens (including phenoxy) is 2. The number of nitrogens with one attached hydrogen (secondary N) is 2. The minimum absolute atomic E-state index is 0.116. The van der Waals surface area contributed by atoms with Crippen LogP contribution in [-0.2, 0) is 9.59 Å². The monoisotopic (exact) mass is 551 g/mol. The molecule has 2 N–H and O–H groups in total. The quantitative estimate of drug-likeness (QED) is 0.0636. The van der Waals surface area contributed by atoms with Crippen LogP contribution in [0.25, 0.3) is 0 Å². The molecule has 0 saturated heterocycles. The number of hydrazone groups is 1. The largest absolute Gasteiger partial charge is 0.494 e. The molecule has 0 aliphatic rings. The normalized spacial score (nSPS) is 10.8. The maximum absolute atomic E-state index is 12.3. The zero-order valence-corrected chi connectivity index (χ0v) is 24.1. The highest BCUT2D eigenvalue weighted by molar-refractivity contribution is 5.91. The van der Waals surface area contributed by atoms with Crippen LogP contribution in [0.15, 0.2) is 53.6 Å². The first-order valence-electron chi connectivity index (χ1n) is 14.7. The molecule has 8 heteroatoms. The van der Waals surface area contributed by atoms with Gasteiger partial charge in [-0.2, -0.15) is 5.10 Å². The van der Waals surface area contributed by atoms with Crippen molar-refractivity contribution in [3.8, 4) is 11.5 Å². The van der Waals surface area contributed by atoms with Gasteiger partial charge in [0.25, 0.3) is 5.91 Å². The fourth-order valence-corrected chi connectivity index (χ4v) is 4.08. The summed E-state index contributed by atoms with van der Waals surface area (Å²) in [7, 11) is 0. The smallest absolute Gasteiger partial charge is 0.343 e. The lowest BCUT2D eigenvalue weighted by Crippen LogP contribution is -2.34. The number of esters is 1. The predicted molar refractivity (Wildman–Crippen MR) is 159 cm³/mol. The minimum Gasteiger partial charge on any atom is -0.494 e. The molecule has 2 rings (SSSR count). The number of hydrogen-bond donors (Lipinski definition) is 2. The average Bonchev–Trinajstić information content (AvgIpc) is 2.96. The lowest BCUT2D eigenvalue weighted by Gasteiger charge is -2.06. The first-order chi connectivity index (χ1) is 19.5. The first-order valence-corrected chi connectivity index (χ1v) is 14.7. The second-order valence-electron chi connectivity index (χ2n) is 9.77. The molecule has 0 radical (unpaired) electrons. The van der Waals surface area contributed by atoms with Crippen molar-refractivity contribution < 1.29 is 23.9 Å². The van der Waals surface area contributed by atoms with Crippen molar-refractivity contribution in [1.82, 2.24) is 10.7 Å². The maximum Gasteiger partial charge on any atom is 0.343 e. The van der Waals surface area contributed by atoms with E-state index >= 15 is 0 Å². The Morgan fingerprint density at radius 3 is 1.90 bits per heavy atom. The van der Waals surface area contributed by atoms with Crippen molar-refractivity contribution in [2.45, 2.75) is 90.9 Å². The molecule has 2 amide bonds. The zero-order chi connectivity index (χ0) is 28.8. The van der Waals surface area contributed by atoms with Gasteiger partial charge in [-0.05, 0) is 67.4 Å². The molecule has 0 aromatic heterocycles. The van der Waals surface area contributed by atoms with Crippen molar-refractivity contribution in [1.29, 1.82) is 0 Å². The maximum atomic E-state index is 12.3. The van der Waals surface area contributed by atoms with Crippen LogP contribution in [0.5, 0.6) is 11.5 Å². The Balaban J connectivity index is 1.55. The van der Waals surface area contributed by atoms with E-state index in [1.807, 2.05) is 6.92 Å². The molecule has 0 aliphatic heterocycles. The van der Waals surface area contributed by atoms with Gasteiger partial charge >= 0.3 is 5.97 Å². The molecule has 218 valence electrons. The Kier molecular flexibility index (Phi) is 16.5. The number of unbranched alkanes of at least 4 members (excludes halogenated alkanes) is 10. The number of carbonyl (C=O) groups excluding carboxylic acids is 3. The van der Waals surface area contributed by atoms with Crippen molar-refractivity contribution in [2.24, 2.45) is 5.10 Å². The number of carbonyl (C=O) groups is 3. The van der Waals surface area contributed by atoms with E-state index in [0.717, 1.165) is 19.3 Å². The summed E-state index contributed by atoms with van der Waals surface area (Å²) >= 11 is 0. The van der Waals surface area contributed by atoms with Crippen molar-refractivity contribution in [3.63, 3.8) is 0 Å². The van der Waals surface area contributed by atoms with E-state index in [4.69, 9.17) is 9.47 Å². The molecule has 40 heavy (non-hydrogen) atoms. The third-order valence-corrected chi connectivity index (χ3v) is 6.35. The van der Waals surface area contributed by atoms with Gasteiger partial charge in [0, 0.05) is 6.42 Å². The van der Waals surface area contributed by atoms with Crippen LogP contribution in [0.4, 0.5) is 0 Å². The number of benzene rings is 2. The molecule has 0 spiro atoms. The molecule has 0 atom stereocenters. The van der Waals surface area contributed by atoms with Gasteiger partial charge in [-0.3, -0.25) is 9.59 Å². The predicted octanol–water partition coefficient (Wildman–Crippen LogP) is 6.57. The van der Waals surface area contributed by atoms with Crippen molar-refractivity contribution >= 4 is 24.0 Å². The molecule has 0 saturated carbocycles. The topological polar surface area (TPSA) is 106 Å². The summed E-state index contributed by atoms with van der Waals surface area (Å²) in [5.74, 6) is 0.0921. The van der Waals surface area contributed by atoms with Crippen LogP contribution in [0.2, 0.25) is 0 Å². The summed E-state index contributed by atoms with van der Waals surface area (Å²) < 4.78 is 10.8. The molecule has 0 unspecified atom stereocenters. The second-order valence-corrected chi connectivity index (χ2v) is 9.77. The van der Waals surface area contributed by atoms with E-state index in [1.54, 1.807) is 48.5 Å². The number of hydrogen-bond acceptors (Lipinski definition) is 6. The molecule has 0 fully saturated rings. The second kappa shape index (κ2) is 20.3. The lowest BCUT2D eigenvalue weighted by atomic mass is 10.1. The van der Waals surface area contributed by atoms with Gasteiger partial charge in [0.2, 0.25) is 5.91 Å². The van der Waals surface area contributed by atoms with E-state index in [-0.39, 0.29) is 12.5 Å². The SMILES string of the molecule is CCCCCCCCCCCCCC(=O)NCC(=O)NN=Cc1ccc(OC(=O)c2ccc(OCC)cc2)cc1. The fourth-order valence-electron chi connectivity index (χ4n) is 4.08. The average molecular weight is 552 g/mol. The highest BCUT2D eigenvalue weighted by Crippen LogP contribution is 2.16. The van der Waals surface area contributed by atoms with Crippen LogP contribution in [0.1, 0.15) is 107 Å². The van der Waals surface area contributed by atoms with Crippen LogP contribution in [0, 0.1) is 0 Å². The molecular formula is C32H45N3O5. The lowest BCUT2D eigenvalue weighted by molar-refractivity contribution is -0.126. The molecule has 0 bridgehead atoms. The van der Waals surface area contributed by atoms with Crippen LogP contribution < -0.4 is 20.2 Å². The Bertz CT molecular complexity index is 1040. The molecule has 2 aromatic rings. The summed E-state index contributed by atoms with van der Waals surface area (Å²) in [6.45, 7) is 4.57. The van der Waals surface area contributed by atoms with Gasteiger partial charge in [-0.1, -0.05) is 71.1 Å². The summed E-state index contributed by atoms with van der Waals surface area (Å²) in [4.78, 5) is 36.2. The van der Waals surface area contributed by atoms with E-state index in [1.165, 1.54) is 57.6 Å². The zero-order valence-electron chi connectivity index (χ0n) is 24.1. The van der Waals surface area contributed by atoms with Gasteiger partial charge in [0.1, 0.15) is 11.5 Å². The van der Waals surface area contributed by atoms with Crippen LogP contribution >= 0.6 is 0 Å². The Morgan fingerprint density at radius 1 is 0.725 bits per heavy atom. The fraction of sp³-hybridized carbons (Fsp3) is 0.500. The van der Waals surface area contributed by atoms with Gasteiger partial charge in [-0.15, -0.1) is 0 Å². The van der Waals surface area contributed by atoms with E-state index in [9.17, 15) is 14.4 Å². The van der Waals surface area contributed by atoms with E-state index < -0.39 is 11.9 Å². The van der Waals surface area contributed by atoms with Gasteiger partial charge in [0.15, 0.2) is 0 Å². The summed E-state index contributed by atoms with van der Waals surface area (Å²) in [5, 5.41) is 6.55. The van der Waals surface area contributed by atoms with Gasteiger partial charge < -0.3 is 14.8 Å². The number of nitrogens with zero attached hydrogens (tertiary/aromatic N) is 1. The van der Waals surface area contributed by atoms with Gasteiger partial charge in [-0.25, -0.2) is 10.2 Å². The van der Waals surface area contributed by atoms with Crippen LogP contribution in [-0.4, -0.2) is 37.1 Å². The van der Waals surface area contributed by atoms with Crippen LogP contribution in [0.3, 0.4) is 0 Å². The number of rotatable bonds is 20. The molecule has 8 nitrogen and oxygen atoms in total. The number of amides is 2. The summed E-state index contributed by atoms with van der Waals surface area (Å²) in [6, 6.07) is 13.5. The van der Waals surface area contributed by atoms with Crippen molar-refractivity contribution in [2.75, 3.05) is 13.2 Å². The van der Waals surface area contributed by atoms with E-state index in [2.05, 4.69) is 22.8 Å². The molecule has 2 aromatic carbocycles. The minimum atomic E-state index is -0.470. The van der Waals surface area contributed by atoms with E-state index in [0.29, 0.717) is 35.7 Å². The third kappa shape index (κ3) is 14.5. The Labute approximate surface area is 238 Å². The van der Waals surface area contributed by atoms with Gasteiger partial charge in [0.05, 0.1) is 24.9 Å². The Morgan fingerprint density at radius 2 is 1.30 bits per heavy atom. The highest BCUT2D eigenvalue weighted by Gasteiger charge is 2.09. The van der Waals surface area contributed by atoms with Crippen molar-refractivity contribution in [3.05, 3.63) is 59.7 Å². The first kappa shape index (κ1) is 32.5. The third-order valence-electron chi connectivity index (χ3n) is 6.35. The summed E-state index contributed by atoms with van der Waals surface area (Å²) in [6.07, 6.45) is 15.5. The molecule has 0 aliphatic carbocycles. The molecular weight excluding hydrogens is 506 g/mol. The summed E-state index contributed by atoms with van der Waals surface area (Å²) in [5.41, 5.74) is 3.53.